The predicted molar refractivity (Wildman–Crippen MR) is 95.6 cm³/mol. The average Bonchev–Trinajstić information content (AvgIpc) is 2.54. The molecule has 5 heteroatoms. The third-order valence-corrected chi connectivity index (χ3v) is 4.21. The number of rotatable bonds is 3. The molecule has 0 bridgehead atoms. The summed E-state index contributed by atoms with van der Waals surface area (Å²) in [5.74, 6) is -0.106. The molecule has 0 saturated carbocycles. The SMILES string of the molecule is CCC1NC(=O)C=C(c2cccc(Cl)c2)N1c1cccc(Cl)c1. The van der Waals surface area contributed by atoms with Gasteiger partial charge >= 0.3 is 0 Å². The molecule has 1 aliphatic heterocycles. The van der Waals surface area contributed by atoms with Gasteiger partial charge in [-0.3, -0.25) is 4.79 Å². The maximum Gasteiger partial charge on any atom is 0.247 e. The number of halogens is 2. The second kappa shape index (κ2) is 6.65. The Morgan fingerprint density at radius 1 is 1.09 bits per heavy atom. The van der Waals surface area contributed by atoms with E-state index in [4.69, 9.17) is 23.2 Å². The number of carbonyl (C=O) groups excluding carboxylic acids is 1. The first-order valence-electron chi connectivity index (χ1n) is 7.41. The van der Waals surface area contributed by atoms with Gasteiger partial charge in [-0.1, -0.05) is 48.3 Å². The molecule has 1 heterocycles. The fourth-order valence-electron chi connectivity index (χ4n) is 2.73. The fraction of sp³-hybridized carbons (Fsp3) is 0.167. The molecule has 2 aromatic rings. The smallest absolute Gasteiger partial charge is 0.247 e. The Morgan fingerprint density at radius 2 is 1.78 bits per heavy atom. The zero-order valence-corrected chi connectivity index (χ0v) is 14.1. The molecule has 1 atom stereocenters. The Kier molecular flexibility index (Phi) is 4.60. The van der Waals surface area contributed by atoms with Crippen LogP contribution in [0.1, 0.15) is 18.9 Å². The molecule has 3 rings (SSSR count). The molecule has 118 valence electrons. The normalized spacial score (nSPS) is 17.7. The van der Waals surface area contributed by atoms with Crippen molar-refractivity contribution >= 4 is 40.5 Å². The van der Waals surface area contributed by atoms with Crippen molar-refractivity contribution < 1.29 is 4.79 Å². The quantitative estimate of drug-likeness (QED) is 0.872. The first kappa shape index (κ1) is 15.9. The summed E-state index contributed by atoms with van der Waals surface area (Å²) in [5, 5.41) is 4.27. The number of amides is 1. The molecule has 0 fully saturated rings. The lowest BCUT2D eigenvalue weighted by atomic mass is 10.1. The van der Waals surface area contributed by atoms with Gasteiger partial charge < -0.3 is 10.2 Å². The van der Waals surface area contributed by atoms with Gasteiger partial charge in [0.1, 0.15) is 6.17 Å². The van der Waals surface area contributed by atoms with E-state index in [1.165, 1.54) is 0 Å². The van der Waals surface area contributed by atoms with Crippen molar-refractivity contribution in [2.24, 2.45) is 0 Å². The van der Waals surface area contributed by atoms with Gasteiger partial charge in [0, 0.05) is 21.8 Å². The average molecular weight is 347 g/mol. The lowest BCUT2D eigenvalue weighted by Gasteiger charge is -2.38. The lowest BCUT2D eigenvalue weighted by Crippen LogP contribution is -2.50. The fourth-order valence-corrected chi connectivity index (χ4v) is 3.11. The van der Waals surface area contributed by atoms with Crippen molar-refractivity contribution in [1.29, 1.82) is 0 Å². The van der Waals surface area contributed by atoms with Gasteiger partial charge in [0.25, 0.3) is 0 Å². The number of benzene rings is 2. The molecule has 1 unspecified atom stereocenters. The van der Waals surface area contributed by atoms with E-state index in [9.17, 15) is 4.79 Å². The van der Waals surface area contributed by atoms with Gasteiger partial charge in [-0.15, -0.1) is 0 Å². The van der Waals surface area contributed by atoms with E-state index < -0.39 is 0 Å². The molecular formula is C18H16Cl2N2O. The molecule has 1 amide bonds. The standard InChI is InChI=1S/C18H16Cl2N2O/c1-2-17-21-18(23)11-16(12-5-3-6-13(19)9-12)22(17)15-8-4-7-14(20)10-15/h3-11,17H,2H2,1H3,(H,21,23). The highest BCUT2D eigenvalue weighted by molar-refractivity contribution is 6.31. The molecule has 0 saturated heterocycles. The molecule has 23 heavy (non-hydrogen) atoms. The van der Waals surface area contributed by atoms with Crippen LogP contribution >= 0.6 is 23.2 Å². The van der Waals surface area contributed by atoms with Gasteiger partial charge in [-0.05, 0) is 42.3 Å². The molecule has 0 radical (unpaired) electrons. The van der Waals surface area contributed by atoms with E-state index in [1.54, 1.807) is 6.08 Å². The maximum atomic E-state index is 12.1. The molecular weight excluding hydrogens is 331 g/mol. The third-order valence-electron chi connectivity index (χ3n) is 3.74. The van der Waals surface area contributed by atoms with Crippen LogP contribution in [-0.2, 0) is 4.79 Å². The molecule has 0 aliphatic carbocycles. The topological polar surface area (TPSA) is 32.3 Å². The number of anilines is 1. The van der Waals surface area contributed by atoms with Gasteiger partial charge in [-0.25, -0.2) is 0 Å². The van der Waals surface area contributed by atoms with Crippen LogP contribution in [0.4, 0.5) is 5.69 Å². The number of hydrogen-bond donors (Lipinski definition) is 1. The number of nitrogens with one attached hydrogen (secondary N) is 1. The highest BCUT2D eigenvalue weighted by Crippen LogP contribution is 2.33. The number of nitrogens with zero attached hydrogens (tertiary/aromatic N) is 1. The van der Waals surface area contributed by atoms with Crippen LogP contribution in [0.2, 0.25) is 10.0 Å². The van der Waals surface area contributed by atoms with Crippen LogP contribution in [0.25, 0.3) is 5.70 Å². The molecule has 1 aliphatic rings. The summed E-state index contributed by atoms with van der Waals surface area (Å²) in [6, 6.07) is 15.1. The third kappa shape index (κ3) is 3.36. The van der Waals surface area contributed by atoms with E-state index in [-0.39, 0.29) is 12.1 Å². The Balaban J connectivity index is 2.14. The van der Waals surface area contributed by atoms with E-state index >= 15 is 0 Å². The van der Waals surface area contributed by atoms with Crippen molar-refractivity contribution in [3.05, 3.63) is 70.2 Å². The van der Waals surface area contributed by atoms with Crippen LogP contribution in [0.5, 0.6) is 0 Å². The van der Waals surface area contributed by atoms with Crippen molar-refractivity contribution in [3.63, 3.8) is 0 Å². The van der Waals surface area contributed by atoms with E-state index in [0.717, 1.165) is 23.4 Å². The Hall–Kier alpha value is -1.97. The minimum absolute atomic E-state index is 0.106. The second-order valence-electron chi connectivity index (χ2n) is 5.32. The van der Waals surface area contributed by atoms with Crippen LogP contribution in [0.15, 0.2) is 54.6 Å². The van der Waals surface area contributed by atoms with E-state index in [2.05, 4.69) is 10.2 Å². The first-order chi connectivity index (χ1) is 11.1. The van der Waals surface area contributed by atoms with Crippen molar-refractivity contribution in [2.75, 3.05) is 4.90 Å². The number of hydrogen-bond acceptors (Lipinski definition) is 2. The van der Waals surface area contributed by atoms with Gasteiger partial charge in [-0.2, -0.15) is 0 Å². The summed E-state index contributed by atoms with van der Waals surface area (Å²) in [5.41, 5.74) is 2.63. The summed E-state index contributed by atoms with van der Waals surface area (Å²) < 4.78 is 0. The largest absolute Gasteiger partial charge is 0.332 e. The lowest BCUT2D eigenvalue weighted by molar-refractivity contribution is -0.117. The second-order valence-corrected chi connectivity index (χ2v) is 6.20. The van der Waals surface area contributed by atoms with E-state index in [1.807, 2.05) is 55.5 Å². The van der Waals surface area contributed by atoms with Crippen LogP contribution < -0.4 is 10.2 Å². The van der Waals surface area contributed by atoms with E-state index in [0.29, 0.717) is 10.0 Å². The Labute approximate surface area is 145 Å². The van der Waals surface area contributed by atoms with Crippen LogP contribution in [0, 0.1) is 0 Å². The summed E-state index contributed by atoms with van der Waals surface area (Å²) >= 11 is 12.3. The zero-order valence-electron chi connectivity index (χ0n) is 12.6. The van der Waals surface area contributed by atoms with Crippen LogP contribution in [-0.4, -0.2) is 12.1 Å². The molecule has 3 nitrogen and oxygen atoms in total. The summed E-state index contributed by atoms with van der Waals surface area (Å²) in [4.78, 5) is 14.2. The number of carbonyl (C=O) groups is 1. The minimum atomic E-state index is -0.139. The Morgan fingerprint density at radius 3 is 2.43 bits per heavy atom. The minimum Gasteiger partial charge on any atom is -0.332 e. The van der Waals surface area contributed by atoms with Crippen molar-refractivity contribution in [1.82, 2.24) is 5.32 Å². The van der Waals surface area contributed by atoms with Crippen LogP contribution in [0.3, 0.4) is 0 Å². The van der Waals surface area contributed by atoms with Gasteiger partial charge in [0.15, 0.2) is 0 Å². The predicted octanol–water partition coefficient (Wildman–Crippen LogP) is 4.71. The molecule has 0 aromatic heterocycles. The highest BCUT2D eigenvalue weighted by atomic mass is 35.5. The highest BCUT2D eigenvalue weighted by Gasteiger charge is 2.28. The Bertz CT molecular complexity index is 773. The monoisotopic (exact) mass is 346 g/mol. The zero-order chi connectivity index (χ0) is 16.4. The maximum absolute atomic E-state index is 12.1. The molecule has 0 spiro atoms. The van der Waals surface area contributed by atoms with Crippen molar-refractivity contribution in [3.8, 4) is 0 Å². The summed E-state index contributed by atoms with van der Waals surface area (Å²) in [7, 11) is 0. The van der Waals surface area contributed by atoms with Gasteiger partial charge in [0.05, 0.1) is 5.70 Å². The van der Waals surface area contributed by atoms with Crippen molar-refractivity contribution in [2.45, 2.75) is 19.5 Å². The summed E-state index contributed by atoms with van der Waals surface area (Å²) in [6.07, 6.45) is 2.22. The molecule has 1 N–H and O–H groups in total. The van der Waals surface area contributed by atoms with Gasteiger partial charge in [0.2, 0.25) is 5.91 Å². The summed E-state index contributed by atoms with van der Waals surface area (Å²) in [6.45, 7) is 2.03. The molecule has 2 aromatic carbocycles. The first-order valence-corrected chi connectivity index (χ1v) is 8.17.